The zero-order valence-electron chi connectivity index (χ0n) is 12.9. The Hall–Kier alpha value is -2.51. The number of oxazole rings is 1. The summed E-state index contributed by atoms with van der Waals surface area (Å²) >= 11 is 7.26. The average molecular weight is 374 g/mol. The maximum atomic E-state index is 11.9. The Labute approximate surface area is 151 Å². The third-order valence-electron chi connectivity index (χ3n) is 3.61. The second kappa shape index (κ2) is 6.78. The van der Waals surface area contributed by atoms with E-state index in [0.29, 0.717) is 34.0 Å². The number of benzene rings is 2. The molecule has 0 aliphatic rings. The lowest BCUT2D eigenvalue weighted by atomic mass is 10.2. The van der Waals surface area contributed by atoms with E-state index >= 15 is 0 Å². The molecule has 126 valence electrons. The molecule has 4 rings (SSSR count). The first-order valence-electron chi connectivity index (χ1n) is 7.51. The van der Waals surface area contributed by atoms with Gasteiger partial charge in [-0.05, 0) is 36.4 Å². The predicted octanol–water partition coefficient (Wildman–Crippen LogP) is 4.09. The molecule has 4 aromatic rings. The predicted molar refractivity (Wildman–Crippen MR) is 95.9 cm³/mol. The summed E-state index contributed by atoms with van der Waals surface area (Å²) in [5.41, 5.74) is 2.17. The number of aryl methyl sites for hydroxylation is 1. The zero-order chi connectivity index (χ0) is 17.2. The van der Waals surface area contributed by atoms with Crippen molar-refractivity contribution < 1.29 is 8.83 Å². The van der Waals surface area contributed by atoms with Gasteiger partial charge >= 0.3 is 5.76 Å². The van der Waals surface area contributed by atoms with Crippen LogP contribution in [-0.4, -0.2) is 20.5 Å². The van der Waals surface area contributed by atoms with E-state index in [2.05, 4.69) is 10.2 Å². The molecule has 0 radical (unpaired) electrons. The lowest BCUT2D eigenvalue weighted by Crippen LogP contribution is -2.15. The summed E-state index contributed by atoms with van der Waals surface area (Å²) in [6.07, 6.45) is 0. The lowest BCUT2D eigenvalue weighted by molar-refractivity contribution is 0.465. The fourth-order valence-electron chi connectivity index (χ4n) is 2.43. The Kier molecular flexibility index (Phi) is 4.33. The van der Waals surface area contributed by atoms with E-state index in [0.717, 1.165) is 11.1 Å². The van der Waals surface area contributed by atoms with Gasteiger partial charge in [-0.3, -0.25) is 4.57 Å². The summed E-state index contributed by atoms with van der Waals surface area (Å²) in [5.74, 6) is 0.672. The van der Waals surface area contributed by atoms with Crippen molar-refractivity contribution in [1.82, 2.24) is 14.8 Å². The molecule has 0 atom stereocenters. The van der Waals surface area contributed by atoms with Gasteiger partial charge in [-0.2, -0.15) is 0 Å². The molecule has 0 saturated heterocycles. The fraction of sp³-hybridized carbons (Fsp3) is 0.118. The molecular weight excluding hydrogens is 362 g/mol. The van der Waals surface area contributed by atoms with Crippen LogP contribution in [-0.2, 0) is 6.54 Å². The monoisotopic (exact) mass is 373 g/mol. The van der Waals surface area contributed by atoms with Gasteiger partial charge in [0.15, 0.2) is 5.58 Å². The molecule has 0 saturated carbocycles. The normalized spacial score (nSPS) is 11.2. The molecule has 0 spiro atoms. The van der Waals surface area contributed by atoms with Crippen LogP contribution in [0.5, 0.6) is 0 Å². The Morgan fingerprint density at radius 2 is 1.84 bits per heavy atom. The van der Waals surface area contributed by atoms with Gasteiger partial charge in [0, 0.05) is 22.9 Å². The Morgan fingerprint density at radius 1 is 1.04 bits per heavy atom. The lowest BCUT2D eigenvalue weighted by Gasteiger charge is -1.99. The van der Waals surface area contributed by atoms with Gasteiger partial charge in [0.1, 0.15) is 0 Å². The largest absolute Gasteiger partial charge is 0.419 e. The van der Waals surface area contributed by atoms with Crippen molar-refractivity contribution in [2.45, 2.75) is 11.8 Å². The van der Waals surface area contributed by atoms with Crippen LogP contribution in [0, 0.1) is 0 Å². The standard InChI is InChI=1S/C17H12ClN3O3S/c18-12-7-5-11(6-8-12)15-19-20-16(24-15)25-10-9-21-13-3-1-2-4-14(13)23-17(21)22/h1-8H,9-10H2. The number of nitrogens with zero attached hydrogens (tertiary/aromatic N) is 3. The van der Waals surface area contributed by atoms with Crippen molar-refractivity contribution in [3.05, 3.63) is 64.1 Å². The van der Waals surface area contributed by atoms with E-state index in [9.17, 15) is 4.79 Å². The number of fused-ring (bicyclic) bond motifs is 1. The first-order chi connectivity index (χ1) is 12.2. The highest BCUT2D eigenvalue weighted by atomic mass is 35.5. The molecule has 0 amide bonds. The van der Waals surface area contributed by atoms with Crippen molar-refractivity contribution in [2.75, 3.05) is 5.75 Å². The van der Waals surface area contributed by atoms with Gasteiger partial charge in [0.05, 0.1) is 5.52 Å². The topological polar surface area (TPSA) is 74.1 Å². The van der Waals surface area contributed by atoms with Crippen molar-refractivity contribution in [3.8, 4) is 11.5 Å². The Bertz CT molecular complexity index is 1070. The molecule has 0 bridgehead atoms. The highest BCUT2D eigenvalue weighted by molar-refractivity contribution is 7.99. The van der Waals surface area contributed by atoms with Gasteiger partial charge in [-0.15, -0.1) is 10.2 Å². The van der Waals surface area contributed by atoms with Crippen molar-refractivity contribution in [3.63, 3.8) is 0 Å². The van der Waals surface area contributed by atoms with Gasteiger partial charge in [-0.1, -0.05) is 35.5 Å². The van der Waals surface area contributed by atoms with E-state index in [-0.39, 0.29) is 5.76 Å². The van der Waals surface area contributed by atoms with Crippen LogP contribution in [0.4, 0.5) is 0 Å². The van der Waals surface area contributed by atoms with Gasteiger partial charge in [-0.25, -0.2) is 4.79 Å². The van der Waals surface area contributed by atoms with E-state index < -0.39 is 0 Å². The van der Waals surface area contributed by atoms with Crippen LogP contribution >= 0.6 is 23.4 Å². The minimum Gasteiger partial charge on any atom is -0.411 e. The molecule has 0 aliphatic heterocycles. The quantitative estimate of drug-likeness (QED) is 0.490. The molecule has 2 aromatic carbocycles. The number of para-hydroxylation sites is 2. The van der Waals surface area contributed by atoms with Gasteiger partial charge in [0.2, 0.25) is 5.89 Å². The summed E-state index contributed by atoms with van der Waals surface area (Å²) in [6, 6.07) is 14.5. The van der Waals surface area contributed by atoms with E-state index in [1.165, 1.54) is 11.8 Å². The van der Waals surface area contributed by atoms with E-state index in [1.54, 1.807) is 22.8 Å². The van der Waals surface area contributed by atoms with Gasteiger partial charge in [0.25, 0.3) is 5.22 Å². The van der Waals surface area contributed by atoms with E-state index in [4.69, 9.17) is 20.4 Å². The maximum absolute atomic E-state index is 11.9. The van der Waals surface area contributed by atoms with Crippen LogP contribution in [0.1, 0.15) is 0 Å². The zero-order valence-corrected chi connectivity index (χ0v) is 14.5. The number of hydrogen-bond acceptors (Lipinski definition) is 6. The number of halogens is 1. The van der Waals surface area contributed by atoms with E-state index in [1.807, 2.05) is 30.3 Å². The van der Waals surface area contributed by atoms with Crippen LogP contribution < -0.4 is 5.76 Å². The smallest absolute Gasteiger partial charge is 0.411 e. The highest BCUT2D eigenvalue weighted by Crippen LogP contribution is 2.24. The summed E-state index contributed by atoms with van der Waals surface area (Å²) < 4.78 is 12.4. The molecule has 8 heteroatoms. The van der Waals surface area contributed by atoms with Crippen LogP contribution in [0.2, 0.25) is 5.02 Å². The number of thioether (sulfide) groups is 1. The second-order valence-electron chi connectivity index (χ2n) is 5.22. The maximum Gasteiger partial charge on any atom is 0.419 e. The third-order valence-corrected chi connectivity index (χ3v) is 4.66. The third kappa shape index (κ3) is 3.33. The highest BCUT2D eigenvalue weighted by Gasteiger charge is 2.11. The summed E-state index contributed by atoms with van der Waals surface area (Å²) in [5, 5.41) is 9.15. The van der Waals surface area contributed by atoms with Crippen molar-refractivity contribution in [2.24, 2.45) is 0 Å². The molecule has 0 N–H and O–H groups in total. The first kappa shape index (κ1) is 16.0. The summed E-state index contributed by atoms with van der Waals surface area (Å²) in [7, 11) is 0. The summed E-state index contributed by atoms with van der Waals surface area (Å²) in [4.78, 5) is 11.9. The molecular formula is C17H12ClN3O3S. The molecule has 2 aromatic heterocycles. The SMILES string of the molecule is O=c1oc2ccccc2n1CCSc1nnc(-c2ccc(Cl)cc2)o1. The van der Waals surface area contributed by atoms with Crippen molar-refractivity contribution >= 4 is 34.5 Å². The minimum atomic E-state index is -0.366. The molecule has 2 heterocycles. The Morgan fingerprint density at radius 3 is 2.68 bits per heavy atom. The molecule has 0 fully saturated rings. The van der Waals surface area contributed by atoms with Crippen LogP contribution in [0.25, 0.3) is 22.6 Å². The second-order valence-corrected chi connectivity index (χ2v) is 6.70. The minimum absolute atomic E-state index is 0.366. The fourth-order valence-corrected chi connectivity index (χ4v) is 3.24. The van der Waals surface area contributed by atoms with Crippen LogP contribution in [0.3, 0.4) is 0 Å². The number of aromatic nitrogens is 3. The van der Waals surface area contributed by atoms with Crippen molar-refractivity contribution in [1.29, 1.82) is 0 Å². The number of rotatable bonds is 5. The Balaban J connectivity index is 1.44. The number of hydrogen-bond donors (Lipinski definition) is 0. The average Bonchev–Trinajstić information content (AvgIpc) is 3.21. The van der Waals surface area contributed by atoms with Gasteiger partial charge < -0.3 is 8.83 Å². The molecule has 0 unspecified atom stereocenters. The summed E-state index contributed by atoms with van der Waals surface area (Å²) in [6.45, 7) is 0.485. The molecule has 6 nitrogen and oxygen atoms in total. The molecule has 0 aliphatic carbocycles. The van der Waals surface area contributed by atoms with Crippen LogP contribution in [0.15, 0.2) is 67.4 Å². The molecule has 25 heavy (non-hydrogen) atoms. The first-order valence-corrected chi connectivity index (χ1v) is 8.88.